The third-order valence-electron chi connectivity index (χ3n) is 3.64. The number of hydrogen-bond acceptors (Lipinski definition) is 3. The van der Waals surface area contributed by atoms with Gasteiger partial charge >= 0.3 is 0 Å². The van der Waals surface area contributed by atoms with E-state index in [1.807, 2.05) is 24.3 Å². The van der Waals surface area contributed by atoms with Crippen LogP contribution in [0, 0.1) is 6.07 Å². The number of phenols is 1. The average molecular weight is 268 g/mol. The van der Waals surface area contributed by atoms with E-state index >= 15 is 0 Å². The van der Waals surface area contributed by atoms with Crippen LogP contribution in [0.25, 0.3) is 0 Å². The molecule has 3 heteroatoms. The van der Waals surface area contributed by atoms with Gasteiger partial charge in [-0.2, -0.15) is 0 Å². The molecule has 103 valence electrons. The maximum atomic E-state index is 10.2. The second-order valence-electron chi connectivity index (χ2n) is 5.00. The van der Waals surface area contributed by atoms with Crippen molar-refractivity contribution in [2.75, 3.05) is 19.8 Å². The van der Waals surface area contributed by atoms with Gasteiger partial charge < -0.3 is 15.2 Å². The van der Waals surface area contributed by atoms with Gasteiger partial charge in [-0.1, -0.05) is 42.5 Å². The van der Waals surface area contributed by atoms with Gasteiger partial charge in [-0.25, -0.2) is 0 Å². The maximum Gasteiger partial charge on any atom is 0.127 e. The van der Waals surface area contributed by atoms with E-state index in [2.05, 4.69) is 23.5 Å². The zero-order chi connectivity index (χ0) is 13.8. The molecule has 1 saturated heterocycles. The molecule has 1 fully saturated rings. The van der Waals surface area contributed by atoms with E-state index in [9.17, 15) is 5.11 Å². The summed E-state index contributed by atoms with van der Waals surface area (Å²) >= 11 is 0. The van der Waals surface area contributed by atoms with Gasteiger partial charge in [-0.3, -0.25) is 0 Å². The number of aromatic hydroxyl groups is 1. The highest BCUT2D eigenvalue weighted by Crippen LogP contribution is 2.29. The van der Waals surface area contributed by atoms with Gasteiger partial charge in [0.05, 0.1) is 19.3 Å². The summed E-state index contributed by atoms with van der Waals surface area (Å²) in [7, 11) is 0. The van der Waals surface area contributed by atoms with Crippen molar-refractivity contribution in [2.45, 2.75) is 12.5 Å². The molecule has 3 rings (SSSR count). The SMILES string of the molecule is Oc1[c]ccc(C2COCCN2)c1Cc1ccccc1. The predicted molar refractivity (Wildman–Crippen MR) is 77.8 cm³/mol. The quantitative estimate of drug-likeness (QED) is 0.898. The summed E-state index contributed by atoms with van der Waals surface area (Å²) in [5.41, 5.74) is 3.21. The molecule has 20 heavy (non-hydrogen) atoms. The van der Waals surface area contributed by atoms with Gasteiger partial charge in [-0.05, 0) is 11.1 Å². The second kappa shape index (κ2) is 6.07. The van der Waals surface area contributed by atoms with E-state index < -0.39 is 0 Å². The Labute approximate surface area is 119 Å². The summed E-state index contributed by atoms with van der Waals surface area (Å²) in [6.07, 6.45) is 0.706. The fraction of sp³-hybridized carbons (Fsp3) is 0.294. The number of hydrogen-bond donors (Lipinski definition) is 2. The largest absolute Gasteiger partial charge is 0.507 e. The summed E-state index contributed by atoms with van der Waals surface area (Å²) in [4.78, 5) is 0. The van der Waals surface area contributed by atoms with Crippen molar-refractivity contribution in [1.29, 1.82) is 0 Å². The van der Waals surface area contributed by atoms with Crippen molar-refractivity contribution in [1.82, 2.24) is 5.32 Å². The summed E-state index contributed by atoms with van der Waals surface area (Å²) in [5.74, 6) is 0.235. The number of benzene rings is 2. The van der Waals surface area contributed by atoms with Crippen LogP contribution in [-0.2, 0) is 11.2 Å². The van der Waals surface area contributed by atoms with Gasteiger partial charge in [0.1, 0.15) is 5.75 Å². The van der Waals surface area contributed by atoms with Crippen molar-refractivity contribution in [2.24, 2.45) is 0 Å². The summed E-state index contributed by atoms with van der Waals surface area (Å²) < 4.78 is 5.53. The number of rotatable bonds is 3. The molecular weight excluding hydrogens is 250 g/mol. The second-order valence-corrected chi connectivity index (χ2v) is 5.00. The van der Waals surface area contributed by atoms with E-state index in [-0.39, 0.29) is 11.8 Å². The highest BCUT2D eigenvalue weighted by atomic mass is 16.5. The molecule has 2 N–H and O–H groups in total. The molecule has 0 saturated carbocycles. The summed E-state index contributed by atoms with van der Waals surface area (Å²) in [6.45, 7) is 2.23. The third kappa shape index (κ3) is 2.84. The first-order chi connectivity index (χ1) is 9.84. The highest BCUT2D eigenvalue weighted by molar-refractivity contribution is 5.43. The molecule has 0 bridgehead atoms. The van der Waals surface area contributed by atoms with Gasteiger partial charge in [0, 0.05) is 24.6 Å². The number of ether oxygens (including phenoxy) is 1. The smallest absolute Gasteiger partial charge is 0.127 e. The van der Waals surface area contributed by atoms with Crippen LogP contribution in [0.4, 0.5) is 0 Å². The van der Waals surface area contributed by atoms with Crippen LogP contribution >= 0.6 is 0 Å². The lowest BCUT2D eigenvalue weighted by Crippen LogP contribution is -2.35. The minimum Gasteiger partial charge on any atom is -0.507 e. The van der Waals surface area contributed by atoms with Crippen LogP contribution in [0.3, 0.4) is 0 Å². The zero-order valence-electron chi connectivity index (χ0n) is 11.3. The standard InChI is InChI=1S/C17H18NO2/c19-17-8-4-7-14(16-12-20-10-9-18-16)15(17)11-13-5-2-1-3-6-13/h1-7,16,18-19H,9-12H2. The monoisotopic (exact) mass is 268 g/mol. The van der Waals surface area contributed by atoms with Crippen molar-refractivity contribution in [3.63, 3.8) is 0 Å². The first-order valence-corrected chi connectivity index (χ1v) is 6.92. The van der Waals surface area contributed by atoms with Gasteiger partial charge in [0.15, 0.2) is 0 Å². The normalized spacial score (nSPS) is 18.9. The molecule has 1 aliphatic rings. The van der Waals surface area contributed by atoms with Crippen molar-refractivity contribution < 1.29 is 9.84 Å². The molecule has 1 radical (unpaired) electrons. The third-order valence-corrected chi connectivity index (χ3v) is 3.64. The number of nitrogens with one attached hydrogen (secondary N) is 1. The van der Waals surface area contributed by atoms with E-state index in [1.165, 1.54) is 5.56 Å². The molecule has 0 amide bonds. The summed E-state index contributed by atoms with van der Waals surface area (Å²) in [6, 6.07) is 17.0. The lowest BCUT2D eigenvalue weighted by atomic mass is 9.94. The van der Waals surface area contributed by atoms with Crippen LogP contribution in [0.2, 0.25) is 0 Å². The first-order valence-electron chi connectivity index (χ1n) is 6.92. The Balaban J connectivity index is 1.92. The zero-order valence-corrected chi connectivity index (χ0v) is 11.3. The van der Waals surface area contributed by atoms with Crippen LogP contribution in [0.5, 0.6) is 5.75 Å². The first kappa shape index (κ1) is 13.2. The Kier molecular flexibility index (Phi) is 4.00. The Morgan fingerprint density at radius 2 is 2.10 bits per heavy atom. The van der Waals surface area contributed by atoms with Crippen molar-refractivity contribution in [3.8, 4) is 5.75 Å². The predicted octanol–water partition coefficient (Wildman–Crippen LogP) is 2.44. The molecule has 1 atom stereocenters. The molecule has 2 aromatic rings. The molecule has 0 aromatic heterocycles. The fourth-order valence-corrected chi connectivity index (χ4v) is 2.61. The molecule has 0 spiro atoms. The van der Waals surface area contributed by atoms with Crippen LogP contribution in [0.1, 0.15) is 22.7 Å². The van der Waals surface area contributed by atoms with Crippen LogP contribution in [0.15, 0.2) is 42.5 Å². The van der Waals surface area contributed by atoms with Crippen LogP contribution < -0.4 is 5.32 Å². The molecule has 0 aliphatic carbocycles. The Bertz CT molecular complexity index is 562. The average Bonchev–Trinajstić information content (AvgIpc) is 2.51. The minimum absolute atomic E-state index is 0.142. The number of morpholine rings is 1. The Hall–Kier alpha value is -1.84. The summed E-state index contributed by atoms with van der Waals surface area (Å²) in [5, 5.41) is 13.6. The van der Waals surface area contributed by atoms with Crippen LogP contribution in [-0.4, -0.2) is 24.9 Å². The van der Waals surface area contributed by atoms with Gasteiger partial charge in [-0.15, -0.1) is 0 Å². The van der Waals surface area contributed by atoms with E-state index in [4.69, 9.17) is 4.74 Å². The minimum atomic E-state index is 0.142. The van der Waals surface area contributed by atoms with Crippen molar-refractivity contribution >= 4 is 0 Å². The highest BCUT2D eigenvalue weighted by Gasteiger charge is 2.20. The fourth-order valence-electron chi connectivity index (χ4n) is 2.61. The Morgan fingerprint density at radius 3 is 2.85 bits per heavy atom. The number of phenolic OH excluding ortho intramolecular Hbond substituents is 1. The molecular formula is C17H18NO2. The molecule has 1 heterocycles. The maximum absolute atomic E-state index is 10.2. The van der Waals surface area contributed by atoms with E-state index in [0.717, 1.165) is 24.3 Å². The van der Waals surface area contributed by atoms with Gasteiger partial charge in [0.25, 0.3) is 0 Å². The van der Waals surface area contributed by atoms with E-state index in [0.29, 0.717) is 13.0 Å². The lowest BCUT2D eigenvalue weighted by molar-refractivity contribution is 0.0765. The molecule has 1 aliphatic heterocycles. The van der Waals surface area contributed by atoms with E-state index in [1.54, 1.807) is 6.07 Å². The molecule has 2 aromatic carbocycles. The molecule has 1 unspecified atom stereocenters. The topological polar surface area (TPSA) is 41.5 Å². The lowest BCUT2D eigenvalue weighted by Gasteiger charge is -2.26. The van der Waals surface area contributed by atoms with Crippen molar-refractivity contribution in [3.05, 3.63) is 65.2 Å². The Morgan fingerprint density at radius 1 is 1.25 bits per heavy atom. The van der Waals surface area contributed by atoms with Gasteiger partial charge in [0.2, 0.25) is 0 Å². The molecule has 3 nitrogen and oxygen atoms in total.